The van der Waals surface area contributed by atoms with Crippen LogP contribution in [0.25, 0.3) is 0 Å². The molecule has 0 fully saturated rings. The average molecular weight is 254 g/mol. The predicted octanol–water partition coefficient (Wildman–Crippen LogP) is 2.76. The van der Waals surface area contributed by atoms with E-state index in [4.69, 9.17) is 11.6 Å². The Labute approximate surface area is 102 Å². The number of aromatic amines is 1. The summed E-state index contributed by atoms with van der Waals surface area (Å²) < 4.78 is 12.9. The molecule has 88 valence electrons. The number of amides is 1. The number of carbonyl (C=O) groups is 1. The van der Waals surface area contributed by atoms with Crippen LogP contribution in [0, 0.1) is 12.7 Å². The Balaban J connectivity index is 2.19. The highest BCUT2D eigenvalue weighted by Gasteiger charge is 2.12. The third-order valence-corrected chi connectivity index (χ3v) is 2.51. The SMILES string of the molecule is Cc1[nH]cnc1C(=O)Nc1ccc(F)c(Cl)c1. The molecule has 0 spiro atoms. The van der Waals surface area contributed by atoms with E-state index in [9.17, 15) is 9.18 Å². The summed E-state index contributed by atoms with van der Waals surface area (Å²) in [6, 6.07) is 3.97. The van der Waals surface area contributed by atoms with E-state index in [1.807, 2.05) is 0 Å². The third kappa shape index (κ3) is 2.45. The minimum atomic E-state index is -0.527. The van der Waals surface area contributed by atoms with Crippen molar-refractivity contribution in [1.82, 2.24) is 9.97 Å². The van der Waals surface area contributed by atoms with Gasteiger partial charge in [-0.25, -0.2) is 9.37 Å². The van der Waals surface area contributed by atoms with Crippen LogP contribution in [-0.4, -0.2) is 15.9 Å². The Morgan fingerprint density at radius 3 is 2.88 bits per heavy atom. The van der Waals surface area contributed by atoms with Gasteiger partial charge in [0.05, 0.1) is 11.3 Å². The van der Waals surface area contributed by atoms with E-state index in [1.165, 1.54) is 24.5 Å². The van der Waals surface area contributed by atoms with E-state index < -0.39 is 5.82 Å². The van der Waals surface area contributed by atoms with Crippen LogP contribution in [0.1, 0.15) is 16.2 Å². The molecule has 0 atom stereocenters. The number of hydrogen-bond acceptors (Lipinski definition) is 2. The van der Waals surface area contributed by atoms with E-state index in [1.54, 1.807) is 6.92 Å². The molecule has 2 N–H and O–H groups in total. The highest BCUT2D eigenvalue weighted by atomic mass is 35.5. The summed E-state index contributed by atoms with van der Waals surface area (Å²) in [7, 11) is 0. The molecule has 4 nitrogen and oxygen atoms in total. The van der Waals surface area contributed by atoms with Crippen LogP contribution in [0.15, 0.2) is 24.5 Å². The Kier molecular flexibility index (Phi) is 3.10. The summed E-state index contributed by atoms with van der Waals surface area (Å²) in [6.07, 6.45) is 1.43. The Morgan fingerprint density at radius 1 is 1.53 bits per heavy atom. The number of nitrogens with one attached hydrogen (secondary N) is 2. The summed E-state index contributed by atoms with van der Waals surface area (Å²) in [5.41, 5.74) is 1.38. The van der Waals surface area contributed by atoms with Crippen molar-refractivity contribution >= 4 is 23.2 Å². The number of aromatic nitrogens is 2. The number of aryl methyl sites for hydroxylation is 1. The first-order valence-corrected chi connectivity index (χ1v) is 5.22. The molecule has 1 aromatic heterocycles. The fourth-order valence-corrected chi connectivity index (χ4v) is 1.53. The zero-order chi connectivity index (χ0) is 12.4. The second-order valence-corrected chi connectivity index (χ2v) is 3.87. The maximum atomic E-state index is 12.9. The highest BCUT2D eigenvalue weighted by Crippen LogP contribution is 2.19. The normalized spacial score (nSPS) is 10.3. The van der Waals surface area contributed by atoms with Gasteiger partial charge in [-0.2, -0.15) is 0 Å². The number of halogens is 2. The standard InChI is InChI=1S/C11H9ClFN3O/c1-6-10(15-5-14-6)11(17)16-7-2-3-9(13)8(12)4-7/h2-5H,1H3,(H,14,15)(H,16,17). The summed E-state index contributed by atoms with van der Waals surface area (Å²) in [5, 5.41) is 2.54. The van der Waals surface area contributed by atoms with Crippen LogP contribution in [0.3, 0.4) is 0 Å². The van der Waals surface area contributed by atoms with Gasteiger partial charge in [-0.05, 0) is 25.1 Å². The Hall–Kier alpha value is -1.88. The van der Waals surface area contributed by atoms with Gasteiger partial charge in [0.25, 0.3) is 5.91 Å². The highest BCUT2D eigenvalue weighted by molar-refractivity contribution is 6.31. The lowest BCUT2D eigenvalue weighted by Gasteiger charge is -2.04. The van der Waals surface area contributed by atoms with Crippen LogP contribution < -0.4 is 5.32 Å². The fraction of sp³-hybridized carbons (Fsp3) is 0.0909. The van der Waals surface area contributed by atoms with Gasteiger partial charge in [0.15, 0.2) is 0 Å². The van der Waals surface area contributed by atoms with E-state index in [0.717, 1.165) is 0 Å². The molecule has 0 saturated heterocycles. The first kappa shape index (κ1) is 11.6. The van der Waals surface area contributed by atoms with Gasteiger partial charge in [0.1, 0.15) is 11.5 Å². The molecule has 0 aliphatic heterocycles. The van der Waals surface area contributed by atoms with Gasteiger partial charge in [0.2, 0.25) is 0 Å². The van der Waals surface area contributed by atoms with Gasteiger partial charge in [-0.15, -0.1) is 0 Å². The van der Waals surface area contributed by atoms with E-state index in [0.29, 0.717) is 17.1 Å². The molecule has 0 aliphatic carbocycles. The van der Waals surface area contributed by atoms with Crippen molar-refractivity contribution in [3.8, 4) is 0 Å². The number of hydrogen-bond donors (Lipinski definition) is 2. The predicted molar refractivity (Wildman–Crippen MR) is 62.7 cm³/mol. The quantitative estimate of drug-likeness (QED) is 0.865. The van der Waals surface area contributed by atoms with E-state index >= 15 is 0 Å². The molecule has 0 unspecified atom stereocenters. The maximum absolute atomic E-state index is 12.9. The molecule has 0 bridgehead atoms. The monoisotopic (exact) mass is 253 g/mol. The molecule has 2 aromatic rings. The molecule has 0 saturated carbocycles. The van der Waals surface area contributed by atoms with Gasteiger partial charge in [-0.3, -0.25) is 4.79 Å². The van der Waals surface area contributed by atoms with Crippen LogP contribution in [0.5, 0.6) is 0 Å². The average Bonchev–Trinajstić information content (AvgIpc) is 2.70. The number of nitrogens with zero attached hydrogens (tertiary/aromatic N) is 1. The fourth-order valence-electron chi connectivity index (χ4n) is 1.35. The van der Waals surface area contributed by atoms with Crippen molar-refractivity contribution < 1.29 is 9.18 Å². The van der Waals surface area contributed by atoms with Gasteiger partial charge >= 0.3 is 0 Å². The Morgan fingerprint density at radius 2 is 2.29 bits per heavy atom. The van der Waals surface area contributed by atoms with Crippen molar-refractivity contribution in [3.05, 3.63) is 46.8 Å². The summed E-state index contributed by atoms with van der Waals surface area (Å²) in [4.78, 5) is 18.4. The molecule has 1 aromatic carbocycles. The van der Waals surface area contributed by atoms with E-state index in [2.05, 4.69) is 15.3 Å². The smallest absolute Gasteiger partial charge is 0.276 e. The molecule has 0 radical (unpaired) electrons. The van der Waals surface area contributed by atoms with Gasteiger partial charge < -0.3 is 10.3 Å². The number of benzene rings is 1. The number of imidazole rings is 1. The van der Waals surface area contributed by atoms with Crippen LogP contribution in [0.4, 0.5) is 10.1 Å². The first-order chi connectivity index (χ1) is 8.08. The molecular formula is C11H9ClFN3O. The lowest BCUT2D eigenvalue weighted by molar-refractivity contribution is 0.102. The molecule has 2 rings (SSSR count). The van der Waals surface area contributed by atoms with Crippen molar-refractivity contribution in [1.29, 1.82) is 0 Å². The van der Waals surface area contributed by atoms with Crippen LogP contribution in [0.2, 0.25) is 5.02 Å². The summed E-state index contributed by atoms with van der Waals surface area (Å²) >= 11 is 5.61. The van der Waals surface area contributed by atoms with Gasteiger partial charge in [0, 0.05) is 11.4 Å². The molecule has 17 heavy (non-hydrogen) atoms. The second kappa shape index (κ2) is 4.55. The number of anilines is 1. The first-order valence-electron chi connectivity index (χ1n) is 4.84. The van der Waals surface area contributed by atoms with Crippen molar-refractivity contribution in [2.45, 2.75) is 6.92 Å². The van der Waals surface area contributed by atoms with Crippen molar-refractivity contribution in [2.24, 2.45) is 0 Å². The van der Waals surface area contributed by atoms with Crippen molar-refractivity contribution in [3.63, 3.8) is 0 Å². The second-order valence-electron chi connectivity index (χ2n) is 3.46. The van der Waals surface area contributed by atoms with Crippen LogP contribution in [-0.2, 0) is 0 Å². The maximum Gasteiger partial charge on any atom is 0.276 e. The summed E-state index contributed by atoms with van der Waals surface area (Å²) in [6.45, 7) is 1.74. The molecule has 1 amide bonds. The van der Waals surface area contributed by atoms with Gasteiger partial charge in [-0.1, -0.05) is 11.6 Å². The third-order valence-electron chi connectivity index (χ3n) is 2.22. The minimum Gasteiger partial charge on any atom is -0.348 e. The number of rotatable bonds is 2. The Bertz CT molecular complexity index is 568. The topological polar surface area (TPSA) is 57.8 Å². The van der Waals surface area contributed by atoms with Crippen molar-refractivity contribution in [2.75, 3.05) is 5.32 Å². The molecule has 0 aliphatic rings. The zero-order valence-electron chi connectivity index (χ0n) is 8.92. The largest absolute Gasteiger partial charge is 0.348 e. The summed E-state index contributed by atoms with van der Waals surface area (Å²) in [5.74, 6) is -0.896. The van der Waals surface area contributed by atoms with Crippen LogP contribution >= 0.6 is 11.6 Å². The number of carbonyl (C=O) groups excluding carboxylic acids is 1. The minimum absolute atomic E-state index is 0.0402. The lowest BCUT2D eigenvalue weighted by Crippen LogP contribution is -2.13. The van der Waals surface area contributed by atoms with E-state index in [-0.39, 0.29) is 10.9 Å². The molecular weight excluding hydrogens is 245 g/mol. The lowest BCUT2D eigenvalue weighted by atomic mass is 10.3. The molecule has 1 heterocycles. The zero-order valence-corrected chi connectivity index (χ0v) is 9.68. The number of H-pyrrole nitrogens is 1. The molecule has 6 heteroatoms.